The molecule has 1 aromatic rings. The minimum Gasteiger partial charge on any atom is -0.388 e. The van der Waals surface area contributed by atoms with Gasteiger partial charge in [-0.3, -0.25) is 9.59 Å². The van der Waals surface area contributed by atoms with E-state index in [-0.39, 0.29) is 35.9 Å². The van der Waals surface area contributed by atoms with E-state index in [9.17, 15) is 19.1 Å². The highest BCUT2D eigenvalue weighted by Crippen LogP contribution is 2.28. The van der Waals surface area contributed by atoms with Gasteiger partial charge < -0.3 is 15.3 Å². The topological polar surface area (TPSA) is 69.6 Å². The summed E-state index contributed by atoms with van der Waals surface area (Å²) in [4.78, 5) is 25.4. The first-order chi connectivity index (χ1) is 10.9. The third-order valence-corrected chi connectivity index (χ3v) is 4.50. The fraction of sp³-hybridized carbons (Fsp3) is 0.500. The summed E-state index contributed by atoms with van der Waals surface area (Å²) < 4.78 is 13.5. The summed E-state index contributed by atoms with van der Waals surface area (Å²) in [5.41, 5.74) is -1.03. The van der Waals surface area contributed by atoms with Gasteiger partial charge in [0.05, 0.1) is 16.2 Å². The van der Waals surface area contributed by atoms with E-state index >= 15 is 0 Å². The third kappa shape index (κ3) is 4.20. The highest BCUT2D eigenvalue weighted by molar-refractivity contribution is 6.34. The lowest BCUT2D eigenvalue weighted by molar-refractivity contribution is -0.122. The van der Waals surface area contributed by atoms with Crippen molar-refractivity contribution in [1.29, 1.82) is 0 Å². The Morgan fingerprint density at radius 3 is 2.91 bits per heavy atom. The zero-order valence-electron chi connectivity index (χ0n) is 12.9. The maximum atomic E-state index is 13.5. The van der Waals surface area contributed by atoms with Crippen molar-refractivity contribution in [3.63, 3.8) is 0 Å². The van der Waals surface area contributed by atoms with E-state index in [2.05, 4.69) is 5.32 Å². The fourth-order valence-corrected chi connectivity index (χ4v) is 3.01. The zero-order chi connectivity index (χ0) is 17.0. The Hall–Kier alpha value is -1.66. The molecule has 0 saturated carbocycles. The highest BCUT2D eigenvalue weighted by atomic mass is 35.5. The van der Waals surface area contributed by atoms with Crippen molar-refractivity contribution >= 4 is 23.4 Å². The zero-order valence-corrected chi connectivity index (χ0v) is 13.7. The number of carbonyl (C=O) groups is 2. The SMILES string of the molecule is CNC(=O)CC[C@]1(O)CCCN(C(=O)c2cccc(F)c2Cl)C1. The minimum absolute atomic E-state index is 0.0854. The summed E-state index contributed by atoms with van der Waals surface area (Å²) >= 11 is 5.86. The van der Waals surface area contributed by atoms with Crippen LogP contribution in [0.4, 0.5) is 4.39 Å². The molecule has 0 unspecified atom stereocenters. The van der Waals surface area contributed by atoms with Crippen LogP contribution in [0.5, 0.6) is 0 Å². The van der Waals surface area contributed by atoms with E-state index in [1.807, 2.05) is 0 Å². The highest BCUT2D eigenvalue weighted by Gasteiger charge is 2.36. The Balaban J connectivity index is 2.09. The molecular weight excluding hydrogens is 323 g/mol. The summed E-state index contributed by atoms with van der Waals surface area (Å²) in [6.07, 6.45) is 1.59. The molecule has 23 heavy (non-hydrogen) atoms. The summed E-state index contributed by atoms with van der Waals surface area (Å²) in [5.74, 6) is -1.22. The van der Waals surface area contributed by atoms with Gasteiger partial charge in [-0.2, -0.15) is 0 Å². The van der Waals surface area contributed by atoms with Gasteiger partial charge in [-0.05, 0) is 31.4 Å². The van der Waals surface area contributed by atoms with Crippen LogP contribution < -0.4 is 5.32 Å². The Kier molecular flexibility index (Phi) is 5.59. The van der Waals surface area contributed by atoms with Gasteiger partial charge in [0.1, 0.15) is 5.82 Å². The molecule has 126 valence electrons. The number of halogens is 2. The van der Waals surface area contributed by atoms with Gasteiger partial charge in [0.2, 0.25) is 5.91 Å². The second-order valence-corrected chi connectivity index (χ2v) is 6.21. The maximum absolute atomic E-state index is 13.5. The van der Waals surface area contributed by atoms with Gasteiger partial charge in [0.15, 0.2) is 0 Å². The lowest BCUT2D eigenvalue weighted by Gasteiger charge is -2.39. The molecule has 0 spiro atoms. The second-order valence-electron chi connectivity index (χ2n) is 5.83. The first-order valence-electron chi connectivity index (χ1n) is 7.52. The molecule has 1 heterocycles. The number of hydrogen-bond acceptors (Lipinski definition) is 3. The fourth-order valence-electron chi connectivity index (χ4n) is 2.80. The van der Waals surface area contributed by atoms with Gasteiger partial charge >= 0.3 is 0 Å². The second kappa shape index (κ2) is 7.27. The molecule has 0 aromatic heterocycles. The van der Waals surface area contributed by atoms with Crippen molar-refractivity contribution in [3.8, 4) is 0 Å². The molecule has 1 aliphatic rings. The summed E-state index contributed by atoms with van der Waals surface area (Å²) in [6.45, 7) is 0.573. The van der Waals surface area contributed by atoms with E-state index in [1.165, 1.54) is 30.1 Å². The largest absolute Gasteiger partial charge is 0.388 e. The molecule has 0 radical (unpaired) electrons. The van der Waals surface area contributed by atoms with Gasteiger partial charge in [-0.15, -0.1) is 0 Å². The smallest absolute Gasteiger partial charge is 0.255 e. The molecule has 0 bridgehead atoms. The molecule has 1 aromatic carbocycles. The molecular formula is C16H20ClFN2O3. The van der Waals surface area contributed by atoms with E-state index in [0.29, 0.717) is 19.4 Å². The molecule has 2 rings (SSSR count). The molecule has 0 aliphatic carbocycles. The number of benzene rings is 1. The van der Waals surface area contributed by atoms with Crippen molar-refractivity contribution in [1.82, 2.24) is 10.2 Å². The number of nitrogens with one attached hydrogen (secondary N) is 1. The van der Waals surface area contributed by atoms with Crippen LogP contribution in [0, 0.1) is 5.82 Å². The van der Waals surface area contributed by atoms with E-state index in [4.69, 9.17) is 11.6 Å². The number of nitrogens with zero attached hydrogens (tertiary/aromatic N) is 1. The maximum Gasteiger partial charge on any atom is 0.255 e. The Labute approximate surface area is 139 Å². The Morgan fingerprint density at radius 2 is 2.22 bits per heavy atom. The molecule has 7 heteroatoms. The number of rotatable bonds is 4. The molecule has 2 N–H and O–H groups in total. The van der Waals surface area contributed by atoms with Crippen molar-refractivity contribution in [2.75, 3.05) is 20.1 Å². The first-order valence-corrected chi connectivity index (χ1v) is 7.90. The third-order valence-electron chi connectivity index (χ3n) is 4.12. The monoisotopic (exact) mass is 342 g/mol. The van der Waals surface area contributed by atoms with Crippen LogP contribution in [0.25, 0.3) is 0 Å². The van der Waals surface area contributed by atoms with Gasteiger partial charge in [0, 0.05) is 26.6 Å². The van der Waals surface area contributed by atoms with E-state index in [1.54, 1.807) is 0 Å². The Bertz CT molecular complexity index is 611. The molecule has 2 amide bonds. The molecule has 1 fully saturated rings. The van der Waals surface area contributed by atoms with Gasteiger partial charge in [-0.1, -0.05) is 17.7 Å². The lowest BCUT2D eigenvalue weighted by Crippen LogP contribution is -2.50. The van der Waals surface area contributed by atoms with Crippen molar-refractivity contribution in [2.24, 2.45) is 0 Å². The van der Waals surface area contributed by atoms with E-state index in [0.717, 1.165) is 0 Å². The van der Waals surface area contributed by atoms with Crippen LogP contribution >= 0.6 is 11.6 Å². The number of piperidine rings is 1. The van der Waals surface area contributed by atoms with Crippen LogP contribution in [-0.2, 0) is 4.79 Å². The molecule has 1 saturated heterocycles. The number of hydrogen-bond donors (Lipinski definition) is 2. The van der Waals surface area contributed by atoms with Crippen molar-refractivity contribution < 1.29 is 19.1 Å². The average Bonchev–Trinajstić information content (AvgIpc) is 2.54. The van der Waals surface area contributed by atoms with Gasteiger partial charge in [0.25, 0.3) is 5.91 Å². The summed E-state index contributed by atoms with van der Waals surface area (Å²) in [7, 11) is 1.54. The van der Waals surface area contributed by atoms with Crippen molar-refractivity contribution in [2.45, 2.75) is 31.3 Å². The summed E-state index contributed by atoms with van der Waals surface area (Å²) in [5, 5.41) is 12.9. The number of likely N-dealkylation sites (tertiary alicyclic amines) is 1. The quantitative estimate of drug-likeness (QED) is 0.879. The molecule has 1 aliphatic heterocycles. The lowest BCUT2D eigenvalue weighted by atomic mass is 9.88. The molecule has 5 nitrogen and oxygen atoms in total. The number of aliphatic hydroxyl groups is 1. The summed E-state index contributed by atoms with van der Waals surface area (Å²) in [6, 6.07) is 4.08. The van der Waals surface area contributed by atoms with Crippen LogP contribution in [0.3, 0.4) is 0 Å². The first kappa shape index (κ1) is 17.7. The standard InChI is InChI=1S/C16H20ClFN2O3/c1-19-13(21)6-8-16(23)7-3-9-20(10-16)15(22)11-4-2-5-12(18)14(11)17/h2,4-5,23H,3,6-10H2,1H3,(H,19,21)/t16-/m1/s1. The Morgan fingerprint density at radius 1 is 1.48 bits per heavy atom. The predicted octanol–water partition coefficient (Wildman–Crippen LogP) is 1.97. The van der Waals surface area contributed by atoms with Crippen LogP contribution in [-0.4, -0.2) is 47.6 Å². The average molecular weight is 343 g/mol. The van der Waals surface area contributed by atoms with Gasteiger partial charge in [-0.25, -0.2) is 4.39 Å². The van der Waals surface area contributed by atoms with Crippen molar-refractivity contribution in [3.05, 3.63) is 34.6 Å². The normalized spacial score (nSPS) is 21.1. The number of carbonyl (C=O) groups excluding carboxylic acids is 2. The molecule has 1 atom stereocenters. The van der Waals surface area contributed by atoms with Crippen LogP contribution in [0.1, 0.15) is 36.0 Å². The number of amides is 2. The number of β-amino-alcohol motifs (C(OH)–C–C–N with tert-alkyl or cyclic N) is 1. The predicted molar refractivity (Wildman–Crippen MR) is 84.8 cm³/mol. The van der Waals surface area contributed by atoms with E-state index < -0.39 is 17.3 Å². The van der Waals surface area contributed by atoms with Crippen LogP contribution in [0.15, 0.2) is 18.2 Å². The van der Waals surface area contributed by atoms with Crippen LogP contribution in [0.2, 0.25) is 5.02 Å². The minimum atomic E-state index is -1.11.